The van der Waals surface area contributed by atoms with Gasteiger partial charge in [-0.1, -0.05) is 12.8 Å². The molecule has 1 fully saturated rings. The van der Waals surface area contributed by atoms with Crippen molar-refractivity contribution in [2.24, 2.45) is 0 Å². The number of thiazole rings is 1. The van der Waals surface area contributed by atoms with Crippen LogP contribution in [0.1, 0.15) is 36.2 Å². The minimum atomic E-state index is 0.0359. The van der Waals surface area contributed by atoms with Crippen LogP contribution in [0, 0.1) is 0 Å². The molecule has 88 valence electrons. The molecule has 2 rings (SSSR count). The molecule has 1 saturated heterocycles. The van der Waals surface area contributed by atoms with Gasteiger partial charge in [-0.05, 0) is 12.8 Å². The highest BCUT2D eigenvalue weighted by Gasteiger charge is 2.26. The van der Waals surface area contributed by atoms with Crippen LogP contribution in [0.2, 0.25) is 0 Å². The molecule has 1 aliphatic rings. The number of nitrogens with zero attached hydrogens (tertiary/aromatic N) is 2. The van der Waals surface area contributed by atoms with Crippen LogP contribution in [0.4, 0.5) is 0 Å². The van der Waals surface area contributed by atoms with Gasteiger partial charge in [0.05, 0.1) is 5.51 Å². The molecule has 0 saturated carbocycles. The van der Waals surface area contributed by atoms with Gasteiger partial charge in [0.25, 0.3) is 5.91 Å². The second-order valence-corrected chi connectivity index (χ2v) is 5.06. The minimum absolute atomic E-state index is 0.0359. The first-order valence-corrected chi connectivity index (χ1v) is 7.06. The number of likely N-dealkylation sites (tertiary alicyclic amines) is 1. The largest absolute Gasteiger partial charge is 0.333 e. The lowest BCUT2D eigenvalue weighted by Gasteiger charge is -2.27. The number of carbonyl (C=O) groups excluding carboxylic acids is 1. The molecule has 1 unspecified atom stereocenters. The van der Waals surface area contributed by atoms with Gasteiger partial charge in [0.2, 0.25) is 0 Å². The Morgan fingerprint density at radius 3 is 3.12 bits per heavy atom. The molecule has 3 nitrogen and oxygen atoms in total. The van der Waals surface area contributed by atoms with Crippen LogP contribution < -0.4 is 0 Å². The molecule has 1 aromatic rings. The number of alkyl halides is 1. The number of halogens is 1. The predicted octanol–water partition coefficient (Wildman–Crippen LogP) is 2.77. The summed E-state index contributed by atoms with van der Waals surface area (Å²) in [7, 11) is 0. The van der Waals surface area contributed by atoms with E-state index in [1.165, 1.54) is 17.8 Å². The zero-order valence-electron chi connectivity index (χ0n) is 9.06. The van der Waals surface area contributed by atoms with Gasteiger partial charge >= 0.3 is 0 Å². The highest BCUT2D eigenvalue weighted by molar-refractivity contribution is 7.07. The first kappa shape index (κ1) is 11.9. The Hall–Kier alpha value is -0.610. The van der Waals surface area contributed by atoms with Gasteiger partial charge in [-0.15, -0.1) is 22.9 Å². The van der Waals surface area contributed by atoms with Crippen LogP contribution in [-0.2, 0) is 0 Å². The normalized spacial score (nSPS) is 21.8. The number of aromatic nitrogens is 1. The van der Waals surface area contributed by atoms with E-state index in [1.807, 2.05) is 4.90 Å². The summed E-state index contributed by atoms with van der Waals surface area (Å²) in [5, 5.41) is 1.80. The van der Waals surface area contributed by atoms with Crippen molar-refractivity contribution in [1.82, 2.24) is 9.88 Å². The summed E-state index contributed by atoms with van der Waals surface area (Å²) in [4.78, 5) is 18.2. The van der Waals surface area contributed by atoms with Crippen molar-refractivity contribution in [2.75, 3.05) is 12.4 Å². The summed E-state index contributed by atoms with van der Waals surface area (Å²) in [6.45, 7) is 0.813. The van der Waals surface area contributed by atoms with Crippen LogP contribution in [-0.4, -0.2) is 34.3 Å². The Kier molecular flexibility index (Phi) is 4.18. The van der Waals surface area contributed by atoms with Gasteiger partial charge in [-0.2, -0.15) is 0 Å². The fraction of sp³-hybridized carbons (Fsp3) is 0.636. The summed E-state index contributed by atoms with van der Waals surface area (Å²) in [5.74, 6) is 0.560. The third kappa shape index (κ3) is 2.55. The van der Waals surface area contributed by atoms with Gasteiger partial charge in [-0.3, -0.25) is 4.79 Å². The Labute approximate surface area is 104 Å². The number of carbonyl (C=O) groups is 1. The molecule has 16 heavy (non-hydrogen) atoms. The second kappa shape index (κ2) is 5.64. The molecule has 5 heteroatoms. The molecule has 0 aromatic carbocycles. The quantitative estimate of drug-likeness (QED) is 0.765. The standard InChI is InChI=1S/C11H15ClN2OS/c12-6-9-4-2-1-3-5-14(9)11(15)10-7-16-8-13-10/h7-9H,1-6H2. The van der Waals surface area contributed by atoms with E-state index < -0.39 is 0 Å². The molecule has 0 spiro atoms. The molecule has 1 atom stereocenters. The zero-order valence-corrected chi connectivity index (χ0v) is 10.6. The van der Waals surface area contributed by atoms with E-state index in [4.69, 9.17) is 11.6 Å². The van der Waals surface area contributed by atoms with E-state index in [1.54, 1.807) is 10.9 Å². The Balaban J connectivity index is 2.13. The maximum absolute atomic E-state index is 12.2. The smallest absolute Gasteiger partial charge is 0.273 e. The van der Waals surface area contributed by atoms with Crippen LogP contribution in [0.15, 0.2) is 10.9 Å². The van der Waals surface area contributed by atoms with E-state index >= 15 is 0 Å². The maximum atomic E-state index is 12.2. The van der Waals surface area contributed by atoms with Crippen LogP contribution in [0.5, 0.6) is 0 Å². The Bertz CT molecular complexity index is 342. The molecule has 0 N–H and O–H groups in total. The lowest BCUT2D eigenvalue weighted by atomic mass is 10.1. The summed E-state index contributed by atoms with van der Waals surface area (Å²) in [5.41, 5.74) is 2.25. The lowest BCUT2D eigenvalue weighted by molar-refractivity contribution is 0.0695. The molecular formula is C11H15ClN2OS. The van der Waals surface area contributed by atoms with E-state index in [2.05, 4.69) is 4.98 Å². The molecule has 0 bridgehead atoms. The van der Waals surface area contributed by atoms with Crippen molar-refractivity contribution < 1.29 is 4.79 Å². The summed E-state index contributed by atoms with van der Waals surface area (Å²) in [6, 6.07) is 0.179. The van der Waals surface area contributed by atoms with Gasteiger partial charge in [-0.25, -0.2) is 4.98 Å². The van der Waals surface area contributed by atoms with E-state index in [-0.39, 0.29) is 11.9 Å². The fourth-order valence-corrected chi connectivity index (χ4v) is 2.92. The lowest BCUT2D eigenvalue weighted by Crippen LogP contribution is -2.41. The third-order valence-corrected chi connectivity index (χ3v) is 3.91. The van der Waals surface area contributed by atoms with E-state index in [0.717, 1.165) is 25.8 Å². The highest BCUT2D eigenvalue weighted by atomic mass is 35.5. The average molecular weight is 259 g/mol. The maximum Gasteiger partial charge on any atom is 0.273 e. The van der Waals surface area contributed by atoms with Crippen molar-refractivity contribution in [1.29, 1.82) is 0 Å². The Morgan fingerprint density at radius 2 is 2.44 bits per heavy atom. The van der Waals surface area contributed by atoms with Gasteiger partial charge in [0.1, 0.15) is 5.69 Å². The number of amides is 1. The molecule has 1 aliphatic heterocycles. The first-order valence-electron chi connectivity index (χ1n) is 5.58. The number of rotatable bonds is 2. The van der Waals surface area contributed by atoms with Crippen LogP contribution >= 0.6 is 22.9 Å². The average Bonchev–Trinajstić information content (AvgIpc) is 2.73. The van der Waals surface area contributed by atoms with Crippen molar-refractivity contribution >= 4 is 28.8 Å². The number of hydrogen-bond donors (Lipinski definition) is 0. The van der Waals surface area contributed by atoms with Gasteiger partial charge in [0.15, 0.2) is 0 Å². The Morgan fingerprint density at radius 1 is 1.56 bits per heavy atom. The molecule has 2 heterocycles. The van der Waals surface area contributed by atoms with Gasteiger partial charge in [0, 0.05) is 23.8 Å². The van der Waals surface area contributed by atoms with Gasteiger partial charge < -0.3 is 4.90 Å². The van der Waals surface area contributed by atoms with Crippen LogP contribution in [0.3, 0.4) is 0 Å². The van der Waals surface area contributed by atoms with E-state index in [0.29, 0.717) is 11.6 Å². The number of hydrogen-bond acceptors (Lipinski definition) is 3. The third-order valence-electron chi connectivity index (χ3n) is 2.97. The molecule has 0 aliphatic carbocycles. The first-order chi connectivity index (χ1) is 7.83. The molecule has 1 aromatic heterocycles. The van der Waals surface area contributed by atoms with Crippen molar-refractivity contribution in [2.45, 2.75) is 31.7 Å². The summed E-state index contributed by atoms with van der Waals surface area (Å²) in [6.07, 6.45) is 4.44. The second-order valence-electron chi connectivity index (χ2n) is 4.03. The zero-order chi connectivity index (χ0) is 11.4. The minimum Gasteiger partial charge on any atom is -0.333 e. The molecular weight excluding hydrogens is 244 g/mol. The summed E-state index contributed by atoms with van der Waals surface area (Å²) >= 11 is 7.40. The summed E-state index contributed by atoms with van der Waals surface area (Å²) < 4.78 is 0. The highest BCUT2D eigenvalue weighted by Crippen LogP contribution is 2.20. The monoisotopic (exact) mass is 258 g/mol. The van der Waals surface area contributed by atoms with Crippen LogP contribution in [0.25, 0.3) is 0 Å². The van der Waals surface area contributed by atoms with Crippen molar-refractivity contribution in [3.05, 3.63) is 16.6 Å². The van der Waals surface area contributed by atoms with E-state index in [9.17, 15) is 4.79 Å². The molecule has 0 radical (unpaired) electrons. The predicted molar refractivity (Wildman–Crippen MR) is 66.1 cm³/mol. The fourth-order valence-electron chi connectivity index (χ4n) is 2.07. The van der Waals surface area contributed by atoms with Crippen molar-refractivity contribution in [3.63, 3.8) is 0 Å². The topological polar surface area (TPSA) is 33.2 Å². The molecule has 1 amide bonds. The van der Waals surface area contributed by atoms with Crippen molar-refractivity contribution in [3.8, 4) is 0 Å². The SMILES string of the molecule is O=C(c1cscn1)N1CCCCCC1CCl.